The van der Waals surface area contributed by atoms with Crippen LogP contribution in [0.25, 0.3) is 0 Å². The molecule has 3 heteroatoms. The highest BCUT2D eigenvalue weighted by molar-refractivity contribution is 5.91. The maximum absolute atomic E-state index is 11.8. The second-order valence-corrected chi connectivity index (χ2v) is 8.61. The molecule has 0 aromatic heterocycles. The number of carbonyl (C=O) groups excluding carboxylic acids is 2. The lowest BCUT2D eigenvalue weighted by molar-refractivity contribution is -0.382. The lowest BCUT2D eigenvalue weighted by atomic mass is 9.48. The molecule has 0 unspecified atom stereocenters. The number of hydrogen-bond acceptors (Lipinski definition) is 2. The maximum atomic E-state index is 11.8. The van der Waals surface area contributed by atoms with Crippen molar-refractivity contribution in [2.45, 2.75) is 64.7 Å². The molecule has 4 aliphatic carbocycles. The summed E-state index contributed by atoms with van der Waals surface area (Å²) in [4.78, 5) is 11.8. The molecule has 4 aliphatic rings. The molecule has 0 heterocycles. The van der Waals surface area contributed by atoms with Crippen molar-refractivity contribution < 1.29 is 14.3 Å². The number of aliphatic hydroxyl groups is 1. The number of ketones is 1. The van der Waals surface area contributed by atoms with E-state index in [2.05, 4.69) is 19.6 Å². The van der Waals surface area contributed by atoms with Crippen LogP contribution >= 0.6 is 0 Å². The van der Waals surface area contributed by atoms with Gasteiger partial charge in [-0.25, -0.2) is 0 Å². The molecular weight excluding hydrogens is 312 g/mol. The minimum Gasteiger partial charge on any atom is -0.505 e. The Bertz CT molecular complexity index is 696. The molecule has 1 N–H and O–H groups in total. The van der Waals surface area contributed by atoms with Gasteiger partial charge in [0.15, 0.2) is 0 Å². The lowest BCUT2D eigenvalue weighted by Crippen LogP contribution is -2.50. The van der Waals surface area contributed by atoms with Crippen LogP contribution in [-0.4, -0.2) is 16.9 Å². The predicted molar refractivity (Wildman–Crippen MR) is 96.5 cm³/mol. The molecule has 1 radical (unpaired) electrons. The van der Waals surface area contributed by atoms with E-state index in [1.807, 2.05) is 6.92 Å². The molecule has 3 fully saturated rings. The summed E-state index contributed by atoms with van der Waals surface area (Å²) in [6, 6.07) is 0. The molecule has 0 aromatic carbocycles. The van der Waals surface area contributed by atoms with Crippen LogP contribution in [0, 0.1) is 42.4 Å². The Morgan fingerprint density at radius 1 is 1.28 bits per heavy atom. The lowest BCUT2D eigenvalue weighted by Gasteiger charge is -2.52. The third-order valence-corrected chi connectivity index (χ3v) is 7.55. The van der Waals surface area contributed by atoms with Gasteiger partial charge in [0, 0.05) is 35.5 Å². The van der Waals surface area contributed by atoms with Gasteiger partial charge in [-0.15, -0.1) is 0 Å². The summed E-state index contributed by atoms with van der Waals surface area (Å²) in [7, 11) is 0. The van der Waals surface area contributed by atoms with Crippen LogP contribution in [0.5, 0.6) is 0 Å². The van der Waals surface area contributed by atoms with Gasteiger partial charge in [-0.2, -0.15) is 0 Å². The van der Waals surface area contributed by atoms with Gasteiger partial charge in [0.05, 0.1) is 12.3 Å². The van der Waals surface area contributed by atoms with Crippen LogP contribution in [0.3, 0.4) is 0 Å². The largest absolute Gasteiger partial charge is 0.579 e. The smallest absolute Gasteiger partial charge is 0.505 e. The molecule has 3 nitrogen and oxygen atoms in total. The van der Waals surface area contributed by atoms with Crippen LogP contribution < -0.4 is 0 Å². The van der Waals surface area contributed by atoms with E-state index in [9.17, 15) is 9.90 Å². The van der Waals surface area contributed by atoms with Gasteiger partial charge in [-0.3, -0.25) is 4.42 Å². The van der Waals surface area contributed by atoms with E-state index in [0.29, 0.717) is 36.4 Å². The van der Waals surface area contributed by atoms with E-state index < -0.39 is 0 Å². The minimum atomic E-state index is -0.198. The molecule has 4 rings (SSSR count). The summed E-state index contributed by atoms with van der Waals surface area (Å²) in [5.74, 6) is 2.83. The normalized spacial score (nSPS) is 44.4. The SMILES string of the molecule is [CH2][C@]12CC[C@H]3[C@@H](CCC4=C=C(O)CC[C@@]43[CH2+])[C@@H]1CCC2=[O+]C(=O)CC. The summed E-state index contributed by atoms with van der Waals surface area (Å²) >= 11 is 0. The molecule has 0 saturated heterocycles. The second kappa shape index (κ2) is 5.77. The molecule has 25 heavy (non-hydrogen) atoms. The van der Waals surface area contributed by atoms with Crippen molar-refractivity contribution in [2.75, 3.05) is 0 Å². The minimum absolute atomic E-state index is 0.0701. The van der Waals surface area contributed by atoms with E-state index in [-0.39, 0.29) is 16.8 Å². The van der Waals surface area contributed by atoms with Crippen molar-refractivity contribution in [2.24, 2.45) is 28.6 Å². The van der Waals surface area contributed by atoms with E-state index in [4.69, 9.17) is 4.42 Å². The maximum Gasteiger partial charge on any atom is 0.579 e. The Morgan fingerprint density at radius 2 is 2.08 bits per heavy atom. The molecule has 0 aliphatic heterocycles. The van der Waals surface area contributed by atoms with Crippen LogP contribution in [-0.2, 0) is 9.22 Å². The fourth-order valence-electron chi connectivity index (χ4n) is 6.21. The number of rotatable bonds is 1. The molecule has 133 valence electrons. The number of fused-ring (bicyclic) bond motifs is 5. The highest BCUT2D eigenvalue weighted by atomic mass is 16.5. The van der Waals surface area contributed by atoms with E-state index in [1.54, 1.807) is 0 Å². The second-order valence-electron chi connectivity index (χ2n) is 8.61. The summed E-state index contributed by atoms with van der Waals surface area (Å²) in [6.45, 7) is 11.1. The van der Waals surface area contributed by atoms with Crippen molar-refractivity contribution in [3.8, 4) is 0 Å². The molecule has 5 atom stereocenters. The fraction of sp³-hybridized carbons (Fsp3) is 0.682. The Kier molecular flexibility index (Phi) is 3.92. The summed E-state index contributed by atoms with van der Waals surface area (Å²) < 4.78 is 5.70. The van der Waals surface area contributed by atoms with Crippen molar-refractivity contribution in [1.29, 1.82) is 0 Å². The summed E-state index contributed by atoms with van der Waals surface area (Å²) in [5.41, 5.74) is 4.20. The Balaban J connectivity index is 1.66. The molecule has 0 bridgehead atoms. The fourth-order valence-corrected chi connectivity index (χ4v) is 6.21. The first-order valence-corrected chi connectivity index (χ1v) is 9.84. The van der Waals surface area contributed by atoms with E-state index in [1.165, 1.54) is 5.57 Å². The van der Waals surface area contributed by atoms with Gasteiger partial charge in [0.25, 0.3) is 0 Å². The van der Waals surface area contributed by atoms with Crippen LogP contribution in [0.15, 0.2) is 17.1 Å². The highest BCUT2D eigenvalue weighted by Crippen LogP contribution is 2.64. The average molecular weight is 341 g/mol. The molecule has 3 saturated carbocycles. The van der Waals surface area contributed by atoms with Crippen LogP contribution in [0.2, 0.25) is 0 Å². The van der Waals surface area contributed by atoms with Crippen molar-refractivity contribution in [3.05, 3.63) is 30.9 Å². The molecule has 0 spiro atoms. The third-order valence-electron chi connectivity index (χ3n) is 7.55. The van der Waals surface area contributed by atoms with Gasteiger partial charge in [0.2, 0.25) is 5.78 Å². The first-order valence-electron chi connectivity index (χ1n) is 9.84. The van der Waals surface area contributed by atoms with Gasteiger partial charge < -0.3 is 5.11 Å². The first-order chi connectivity index (χ1) is 11.9. The zero-order valence-electron chi connectivity index (χ0n) is 15.3. The average Bonchev–Trinajstić information content (AvgIpc) is 2.92. The zero-order chi connectivity index (χ0) is 17.8. The van der Waals surface area contributed by atoms with E-state index in [0.717, 1.165) is 50.7 Å². The quantitative estimate of drug-likeness (QED) is 0.428. The summed E-state index contributed by atoms with van der Waals surface area (Å²) in [6.07, 6.45) is 8.15. The van der Waals surface area contributed by atoms with Crippen LogP contribution in [0.4, 0.5) is 0 Å². The number of hydrogen-bond donors (Lipinski definition) is 1. The zero-order valence-corrected chi connectivity index (χ0v) is 15.3. The monoisotopic (exact) mass is 341 g/mol. The Morgan fingerprint density at radius 3 is 2.84 bits per heavy atom. The van der Waals surface area contributed by atoms with Gasteiger partial charge in [-0.1, -0.05) is 5.73 Å². The van der Waals surface area contributed by atoms with Crippen molar-refractivity contribution in [1.82, 2.24) is 0 Å². The van der Waals surface area contributed by atoms with Crippen molar-refractivity contribution in [3.63, 3.8) is 0 Å². The van der Waals surface area contributed by atoms with Gasteiger partial charge in [0.1, 0.15) is 17.6 Å². The predicted octanol–water partition coefficient (Wildman–Crippen LogP) is 4.66. The van der Waals surface area contributed by atoms with E-state index >= 15 is 0 Å². The van der Waals surface area contributed by atoms with Gasteiger partial charge >= 0.3 is 5.97 Å². The summed E-state index contributed by atoms with van der Waals surface area (Å²) in [5, 5.41) is 9.89. The molecular formula is C22H29O3+2. The topological polar surface area (TPSA) is 48.6 Å². The Labute approximate surface area is 150 Å². The standard InChI is InChI=1S/C22H28O3/c1-4-20(24)25-19-8-7-17-16-6-5-14-13-15(23)9-11-21(14,2)18(16)10-12-22(17,19)3/h16-18H,2-12H2,1H3/q+1/p+1/t16-,17-,18-,21-,22-/m0/s1. The Hall–Kier alpha value is -1.47. The van der Waals surface area contributed by atoms with Gasteiger partial charge in [-0.05, 0) is 57.8 Å². The van der Waals surface area contributed by atoms with Crippen molar-refractivity contribution >= 4 is 11.8 Å². The molecule has 0 aromatic rings. The number of allylic oxidation sites excluding steroid dienone is 1. The first kappa shape index (κ1) is 17.0. The number of carbonyl (C=O) groups is 1. The number of aliphatic hydroxyl groups excluding tert-OH is 1. The third kappa shape index (κ3) is 2.43. The molecule has 0 amide bonds. The van der Waals surface area contributed by atoms with Crippen LogP contribution in [0.1, 0.15) is 64.7 Å². The highest BCUT2D eigenvalue weighted by Gasteiger charge is 2.62.